The van der Waals surface area contributed by atoms with Crippen molar-refractivity contribution in [3.8, 4) is 0 Å². The first-order chi connectivity index (χ1) is 13.0. The third kappa shape index (κ3) is 3.50. The van der Waals surface area contributed by atoms with Gasteiger partial charge in [0.05, 0.1) is 0 Å². The molecule has 2 fully saturated rings. The Morgan fingerprint density at radius 2 is 2.19 bits per heavy atom. The topological polar surface area (TPSA) is 71.3 Å². The Balaban J connectivity index is 1.36. The lowest BCUT2D eigenvalue weighted by atomic mass is 9.92. The van der Waals surface area contributed by atoms with Crippen molar-refractivity contribution in [3.05, 3.63) is 35.0 Å². The van der Waals surface area contributed by atoms with E-state index in [9.17, 15) is 9.59 Å². The quantitative estimate of drug-likeness (QED) is 0.789. The fourth-order valence-electron chi connectivity index (χ4n) is 4.29. The van der Waals surface area contributed by atoms with Crippen LogP contribution in [0.3, 0.4) is 0 Å². The van der Waals surface area contributed by atoms with Gasteiger partial charge in [0, 0.05) is 32.6 Å². The second-order valence-electron chi connectivity index (χ2n) is 7.74. The van der Waals surface area contributed by atoms with E-state index in [1.54, 1.807) is 29.3 Å². The molecule has 3 heterocycles. The average molecular weight is 388 g/mol. The van der Waals surface area contributed by atoms with Gasteiger partial charge in [0.1, 0.15) is 18.7 Å². The molecule has 4 rings (SSSR count). The Morgan fingerprint density at radius 1 is 1.41 bits per heavy atom. The monoisotopic (exact) mass is 387 g/mol. The summed E-state index contributed by atoms with van der Waals surface area (Å²) in [5, 5.41) is 8.24. The molecule has 27 heavy (non-hydrogen) atoms. The molecule has 2 aromatic rings. The highest BCUT2D eigenvalue weighted by Gasteiger charge is 2.58. The maximum Gasteiger partial charge on any atom is 0.247 e. The molecule has 0 aromatic carbocycles. The first-order valence-electron chi connectivity index (χ1n) is 9.41. The second-order valence-corrected chi connectivity index (χ2v) is 8.52. The molecule has 0 bridgehead atoms. The highest BCUT2D eigenvalue weighted by Crippen LogP contribution is 2.57. The molecule has 1 aliphatic carbocycles. The zero-order valence-corrected chi connectivity index (χ0v) is 16.6. The number of nitrogens with zero attached hydrogens (tertiary/aromatic N) is 5. The summed E-state index contributed by atoms with van der Waals surface area (Å²) < 4.78 is 1.60. The van der Waals surface area contributed by atoms with Crippen molar-refractivity contribution in [2.75, 3.05) is 13.1 Å². The fourth-order valence-corrected chi connectivity index (χ4v) is 4.95. The molecule has 1 saturated carbocycles. The van der Waals surface area contributed by atoms with E-state index in [0.29, 0.717) is 12.6 Å². The number of piperidine rings is 1. The van der Waals surface area contributed by atoms with Crippen LogP contribution in [0.1, 0.15) is 44.7 Å². The SMILES string of the molecule is CC(=O)N(Cc1ccsc1)[C@H]1CC12CCN(C(=O)[C@H](C)n1cncn1)CC2. The molecule has 2 atom stereocenters. The highest BCUT2D eigenvalue weighted by molar-refractivity contribution is 7.07. The van der Waals surface area contributed by atoms with Crippen molar-refractivity contribution < 1.29 is 9.59 Å². The number of carbonyl (C=O) groups is 2. The van der Waals surface area contributed by atoms with Gasteiger partial charge in [-0.15, -0.1) is 0 Å². The van der Waals surface area contributed by atoms with E-state index in [0.717, 1.165) is 32.4 Å². The first-order valence-corrected chi connectivity index (χ1v) is 10.4. The lowest BCUT2D eigenvalue weighted by Gasteiger charge is -2.35. The normalized spacial score (nSPS) is 21.9. The van der Waals surface area contributed by atoms with Gasteiger partial charge in [-0.3, -0.25) is 9.59 Å². The van der Waals surface area contributed by atoms with Gasteiger partial charge in [0.25, 0.3) is 0 Å². The van der Waals surface area contributed by atoms with Crippen molar-refractivity contribution in [2.24, 2.45) is 5.41 Å². The Morgan fingerprint density at radius 3 is 2.78 bits per heavy atom. The van der Waals surface area contributed by atoms with Crippen LogP contribution in [0.5, 0.6) is 0 Å². The third-order valence-corrected chi connectivity index (χ3v) is 6.85. The maximum atomic E-state index is 12.7. The predicted octanol–water partition coefficient (Wildman–Crippen LogP) is 2.33. The maximum absolute atomic E-state index is 12.7. The highest BCUT2D eigenvalue weighted by atomic mass is 32.1. The van der Waals surface area contributed by atoms with Crippen molar-refractivity contribution >= 4 is 23.2 Å². The van der Waals surface area contributed by atoms with Gasteiger partial charge < -0.3 is 9.80 Å². The lowest BCUT2D eigenvalue weighted by Crippen LogP contribution is -2.44. The number of likely N-dealkylation sites (tertiary alicyclic amines) is 1. The summed E-state index contributed by atoms with van der Waals surface area (Å²) in [5.41, 5.74) is 1.39. The summed E-state index contributed by atoms with van der Waals surface area (Å²) in [4.78, 5) is 32.8. The summed E-state index contributed by atoms with van der Waals surface area (Å²) in [7, 11) is 0. The van der Waals surface area contributed by atoms with E-state index >= 15 is 0 Å². The fraction of sp³-hybridized carbons (Fsp3) is 0.579. The summed E-state index contributed by atoms with van der Waals surface area (Å²) in [6, 6.07) is 2.06. The minimum Gasteiger partial charge on any atom is -0.341 e. The molecule has 2 aromatic heterocycles. The Kier molecular flexibility index (Phi) is 4.75. The average Bonchev–Trinajstić information content (AvgIpc) is 3.11. The van der Waals surface area contributed by atoms with Crippen LogP contribution in [-0.4, -0.2) is 55.5 Å². The lowest BCUT2D eigenvalue weighted by molar-refractivity contribution is -0.137. The number of carbonyl (C=O) groups excluding carboxylic acids is 2. The molecule has 0 N–H and O–H groups in total. The molecule has 8 heteroatoms. The van der Waals surface area contributed by atoms with Gasteiger partial charge in [0.15, 0.2) is 0 Å². The van der Waals surface area contributed by atoms with E-state index in [4.69, 9.17) is 0 Å². The van der Waals surface area contributed by atoms with Crippen LogP contribution in [0.2, 0.25) is 0 Å². The van der Waals surface area contributed by atoms with Crippen molar-refractivity contribution in [1.82, 2.24) is 24.6 Å². The van der Waals surface area contributed by atoms with E-state index in [-0.39, 0.29) is 23.3 Å². The second kappa shape index (κ2) is 7.07. The van der Waals surface area contributed by atoms with Crippen molar-refractivity contribution in [2.45, 2.75) is 51.7 Å². The van der Waals surface area contributed by atoms with Crippen molar-refractivity contribution in [1.29, 1.82) is 0 Å². The predicted molar refractivity (Wildman–Crippen MR) is 102 cm³/mol. The number of hydrogen-bond donors (Lipinski definition) is 0. The molecule has 7 nitrogen and oxygen atoms in total. The molecule has 2 aliphatic rings. The molecule has 1 aliphatic heterocycles. The van der Waals surface area contributed by atoms with Gasteiger partial charge >= 0.3 is 0 Å². The van der Waals surface area contributed by atoms with Crippen LogP contribution in [-0.2, 0) is 16.1 Å². The van der Waals surface area contributed by atoms with E-state index < -0.39 is 0 Å². The summed E-state index contributed by atoms with van der Waals surface area (Å²) in [6.45, 7) is 5.71. The van der Waals surface area contributed by atoms with Crippen molar-refractivity contribution in [3.63, 3.8) is 0 Å². The summed E-state index contributed by atoms with van der Waals surface area (Å²) >= 11 is 1.66. The summed E-state index contributed by atoms with van der Waals surface area (Å²) in [6.07, 6.45) is 6.01. The molecule has 1 saturated heterocycles. The Labute approximate surface area is 163 Å². The van der Waals surface area contributed by atoms with Crippen LogP contribution in [0, 0.1) is 5.41 Å². The molecular formula is C19H25N5O2S. The van der Waals surface area contributed by atoms with Crippen LogP contribution in [0.15, 0.2) is 29.5 Å². The minimum absolute atomic E-state index is 0.0919. The van der Waals surface area contributed by atoms with E-state index in [1.807, 2.05) is 16.7 Å². The van der Waals surface area contributed by atoms with Gasteiger partial charge in [-0.25, -0.2) is 9.67 Å². The molecule has 0 unspecified atom stereocenters. The first kappa shape index (κ1) is 18.2. The summed E-state index contributed by atoms with van der Waals surface area (Å²) in [5.74, 6) is 0.232. The Hall–Kier alpha value is -2.22. The van der Waals surface area contributed by atoms with E-state index in [1.165, 1.54) is 11.9 Å². The molecular weight excluding hydrogens is 362 g/mol. The number of thiophene rings is 1. The standard InChI is InChI=1S/C19H25N5O2S/c1-14(24-13-20-12-21-24)18(26)22-6-4-19(5-7-22)9-17(19)23(15(2)25)10-16-3-8-27-11-16/h3,8,11-14,17H,4-7,9-10H2,1-2H3/t14-,17-/m0/s1. The van der Waals surface area contributed by atoms with Crippen LogP contribution in [0.4, 0.5) is 0 Å². The molecule has 1 spiro atoms. The number of aromatic nitrogens is 3. The molecule has 2 amide bonds. The zero-order chi connectivity index (χ0) is 19.0. The van der Waals surface area contributed by atoms with Gasteiger partial charge in [0.2, 0.25) is 11.8 Å². The molecule has 0 radical (unpaired) electrons. The van der Waals surface area contributed by atoms with Crippen LogP contribution < -0.4 is 0 Å². The molecule has 144 valence electrons. The Bertz CT molecular complexity index is 796. The van der Waals surface area contributed by atoms with Crippen LogP contribution >= 0.6 is 11.3 Å². The zero-order valence-electron chi connectivity index (χ0n) is 15.7. The van der Waals surface area contributed by atoms with Gasteiger partial charge in [-0.1, -0.05) is 0 Å². The largest absolute Gasteiger partial charge is 0.341 e. The number of amides is 2. The minimum atomic E-state index is -0.330. The number of rotatable bonds is 5. The smallest absolute Gasteiger partial charge is 0.247 e. The third-order valence-electron chi connectivity index (χ3n) is 6.12. The van der Waals surface area contributed by atoms with E-state index in [2.05, 4.69) is 26.9 Å². The van der Waals surface area contributed by atoms with Crippen LogP contribution in [0.25, 0.3) is 0 Å². The number of hydrogen-bond acceptors (Lipinski definition) is 5. The van der Waals surface area contributed by atoms with Gasteiger partial charge in [-0.05, 0) is 54.0 Å². The van der Waals surface area contributed by atoms with Gasteiger partial charge in [-0.2, -0.15) is 16.4 Å².